The zero-order chi connectivity index (χ0) is 10.1. The van der Waals surface area contributed by atoms with Crippen molar-refractivity contribution >= 4 is 0 Å². The van der Waals surface area contributed by atoms with E-state index in [1.54, 1.807) is 0 Å². The van der Waals surface area contributed by atoms with Gasteiger partial charge in [0.2, 0.25) is 0 Å². The maximum atomic E-state index is 9.35. The number of benzene rings is 1. The van der Waals surface area contributed by atoms with Crippen LogP contribution in [0.2, 0.25) is 0 Å². The molecule has 1 aliphatic carbocycles. The molecule has 0 aromatic heterocycles. The van der Waals surface area contributed by atoms with Crippen LogP contribution in [0.3, 0.4) is 0 Å². The molecule has 1 fully saturated rings. The van der Waals surface area contributed by atoms with Crippen LogP contribution in [0.25, 0.3) is 0 Å². The van der Waals surface area contributed by atoms with Gasteiger partial charge in [0.15, 0.2) is 0 Å². The normalized spacial score (nSPS) is 18.2. The second-order valence-electron chi connectivity index (χ2n) is 4.47. The SMILES string of the molecule is Cc1ccc(C(CO)C2CC2)cc1C. The van der Waals surface area contributed by atoms with Crippen molar-refractivity contribution in [3.63, 3.8) is 0 Å². The lowest BCUT2D eigenvalue weighted by Gasteiger charge is -2.14. The molecule has 0 bridgehead atoms. The summed E-state index contributed by atoms with van der Waals surface area (Å²) in [6.45, 7) is 4.57. The predicted molar refractivity (Wildman–Crippen MR) is 58.5 cm³/mol. The van der Waals surface area contributed by atoms with Crippen molar-refractivity contribution in [2.24, 2.45) is 5.92 Å². The van der Waals surface area contributed by atoms with Crippen LogP contribution in [0.1, 0.15) is 35.4 Å². The number of aliphatic hydroxyl groups excluding tert-OH is 1. The minimum atomic E-state index is 0.299. The van der Waals surface area contributed by atoms with E-state index in [1.165, 1.54) is 29.5 Å². The molecular weight excluding hydrogens is 172 g/mol. The van der Waals surface area contributed by atoms with Gasteiger partial charge >= 0.3 is 0 Å². The summed E-state index contributed by atoms with van der Waals surface area (Å²) in [5.41, 5.74) is 3.99. The third kappa shape index (κ3) is 1.83. The average molecular weight is 190 g/mol. The molecule has 0 spiro atoms. The van der Waals surface area contributed by atoms with Crippen LogP contribution in [0, 0.1) is 19.8 Å². The number of aryl methyl sites for hydroxylation is 2. The number of aliphatic hydroxyl groups is 1. The number of hydrogen-bond donors (Lipinski definition) is 1. The molecule has 1 aliphatic rings. The third-order valence-electron chi connectivity index (χ3n) is 3.35. The first kappa shape index (κ1) is 9.72. The van der Waals surface area contributed by atoms with Crippen LogP contribution in [0.5, 0.6) is 0 Å². The van der Waals surface area contributed by atoms with E-state index in [4.69, 9.17) is 0 Å². The molecular formula is C13H18O. The zero-order valence-electron chi connectivity index (χ0n) is 8.96. The van der Waals surface area contributed by atoms with Gasteiger partial charge in [-0.15, -0.1) is 0 Å². The summed E-state index contributed by atoms with van der Waals surface area (Å²) < 4.78 is 0. The fourth-order valence-corrected chi connectivity index (χ4v) is 2.02. The Morgan fingerprint density at radius 2 is 2.00 bits per heavy atom. The van der Waals surface area contributed by atoms with E-state index in [1.807, 2.05) is 0 Å². The molecule has 1 unspecified atom stereocenters. The largest absolute Gasteiger partial charge is 0.396 e. The van der Waals surface area contributed by atoms with Crippen LogP contribution in [0.4, 0.5) is 0 Å². The summed E-state index contributed by atoms with van der Waals surface area (Å²) in [4.78, 5) is 0. The second-order valence-corrected chi connectivity index (χ2v) is 4.47. The van der Waals surface area contributed by atoms with Crippen LogP contribution in [-0.4, -0.2) is 11.7 Å². The van der Waals surface area contributed by atoms with E-state index in [0.717, 1.165) is 5.92 Å². The first-order valence-corrected chi connectivity index (χ1v) is 5.40. The van der Waals surface area contributed by atoms with Crippen molar-refractivity contribution in [1.82, 2.24) is 0 Å². The lowest BCUT2D eigenvalue weighted by molar-refractivity contribution is 0.253. The second kappa shape index (κ2) is 3.74. The maximum absolute atomic E-state index is 9.35. The lowest BCUT2D eigenvalue weighted by Crippen LogP contribution is -2.06. The van der Waals surface area contributed by atoms with E-state index in [2.05, 4.69) is 32.0 Å². The summed E-state index contributed by atoms with van der Waals surface area (Å²) >= 11 is 0. The van der Waals surface area contributed by atoms with Crippen molar-refractivity contribution in [3.05, 3.63) is 34.9 Å². The van der Waals surface area contributed by atoms with E-state index >= 15 is 0 Å². The van der Waals surface area contributed by atoms with E-state index < -0.39 is 0 Å². The molecule has 1 aromatic rings. The Morgan fingerprint density at radius 1 is 1.29 bits per heavy atom. The van der Waals surface area contributed by atoms with Crippen molar-refractivity contribution in [1.29, 1.82) is 0 Å². The summed E-state index contributed by atoms with van der Waals surface area (Å²) in [5, 5.41) is 9.35. The standard InChI is InChI=1S/C13H18O/c1-9-3-4-12(7-10(9)2)13(8-14)11-5-6-11/h3-4,7,11,13-14H,5-6,8H2,1-2H3. The summed E-state index contributed by atoms with van der Waals surface area (Å²) in [6, 6.07) is 6.56. The molecule has 0 amide bonds. The molecule has 1 heteroatoms. The fourth-order valence-electron chi connectivity index (χ4n) is 2.02. The molecule has 1 N–H and O–H groups in total. The highest BCUT2D eigenvalue weighted by molar-refractivity contribution is 5.32. The van der Waals surface area contributed by atoms with E-state index in [-0.39, 0.29) is 0 Å². The molecule has 14 heavy (non-hydrogen) atoms. The smallest absolute Gasteiger partial charge is 0.0502 e. The zero-order valence-corrected chi connectivity index (χ0v) is 8.96. The van der Waals surface area contributed by atoms with Gasteiger partial charge in [0.25, 0.3) is 0 Å². The van der Waals surface area contributed by atoms with Gasteiger partial charge in [-0.2, -0.15) is 0 Å². The Hall–Kier alpha value is -0.820. The molecule has 1 nitrogen and oxygen atoms in total. The maximum Gasteiger partial charge on any atom is 0.0502 e. The van der Waals surface area contributed by atoms with Crippen molar-refractivity contribution < 1.29 is 5.11 Å². The van der Waals surface area contributed by atoms with Crippen LogP contribution in [0.15, 0.2) is 18.2 Å². The highest BCUT2D eigenvalue weighted by Gasteiger charge is 2.31. The molecule has 2 rings (SSSR count). The Labute approximate surface area is 85.8 Å². The Bertz CT molecular complexity index is 326. The molecule has 0 radical (unpaired) electrons. The van der Waals surface area contributed by atoms with Crippen molar-refractivity contribution in [2.75, 3.05) is 6.61 Å². The highest BCUT2D eigenvalue weighted by atomic mass is 16.3. The first-order chi connectivity index (χ1) is 6.72. The molecule has 0 saturated heterocycles. The van der Waals surface area contributed by atoms with Gasteiger partial charge in [0, 0.05) is 5.92 Å². The highest BCUT2D eigenvalue weighted by Crippen LogP contribution is 2.42. The average Bonchev–Trinajstić information content (AvgIpc) is 2.96. The van der Waals surface area contributed by atoms with Gasteiger partial charge in [-0.1, -0.05) is 18.2 Å². The summed E-state index contributed by atoms with van der Waals surface area (Å²) in [6.07, 6.45) is 2.58. The van der Waals surface area contributed by atoms with Crippen LogP contribution >= 0.6 is 0 Å². The van der Waals surface area contributed by atoms with Gasteiger partial charge in [-0.25, -0.2) is 0 Å². The van der Waals surface area contributed by atoms with Gasteiger partial charge in [-0.3, -0.25) is 0 Å². The van der Waals surface area contributed by atoms with Gasteiger partial charge in [0.05, 0.1) is 6.61 Å². The Balaban J connectivity index is 2.25. The predicted octanol–water partition coefficient (Wildman–Crippen LogP) is 2.79. The summed E-state index contributed by atoms with van der Waals surface area (Å²) in [7, 11) is 0. The van der Waals surface area contributed by atoms with Gasteiger partial charge in [-0.05, 0) is 49.3 Å². The quantitative estimate of drug-likeness (QED) is 0.777. The summed E-state index contributed by atoms with van der Waals surface area (Å²) in [5.74, 6) is 1.12. The minimum absolute atomic E-state index is 0.299. The van der Waals surface area contributed by atoms with E-state index in [0.29, 0.717) is 12.5 Å². The number of hydrogen-bond acceptors (Lipinski definition) is 1. The number of rotatable bonds is 3. The molecule has 0 aliphatic heterocycles. The molecule has 1 saturated carbocycles. The van der Waals surface area contributed by atoms with Crippen LogP contribution < -0.4 is 0 Å². The Morgan fingerprint density at radius 3 is 2.50 bits per heavy atom. The van der Waals surface area contributed by atoms with Crippen LogP contribution in [-0.2, 0) is 0 Å². The van der Waals surface area contributed by atoms with Crippen molar-refractivity contribution in [3.8, 4) is 0 Å². The molecule has 0 heterocycles. The lowest BCUT2D eigenvalue weighted by atomic mass is 9.92. The minimum Gasteiger partial charge on any atom is -0.396 e. The van der Waals surface area contributed by atoms with Gasteiger partial charge < -0.3 is 5.11 Å². The molecule has 76 valence electrons. The fraction of sp³-hybridized carbons (Fsp3) is 0.538. The third-order valence-corrected chi connectivity index (χ3v) is 3.35. The Kier molecular flexibility index (Phi) is 2.60. The topological polar surface area (TPSA) is 20.2 Å². The van der Waals surface area contributed by atoms with Gasteiger partial charge in [0.1, 0.15) is 0 Å². The molecule has 1 atom stereocenters. The monoisotopic (exact) mass is 190 g/mol. The van der Waals surface area contributed by atoms with E-state index in [9.17, 15) is 5.11 Å². The first-order valence-electron chi connectivity index (χ1n) is 5.40. The van der Waals surface area contributed by atoms with Crippen molar-refractivity contribution in [2.45, 2.75) is 32.6 Å². The molecule has 1 aromatic carbocycles.